The van der Waals surface area contributed by atoms with Crippen molar-refractivity contribution in [1.82, 2.24) is 15.0 Å². The molecule has 5 N–H and O–H groups in total. The number of aromatic nitrogens is 3. The Labute approximate surface area is 148 Å². The Morgan fingerprint density at radius 2 is 1.88 bits per heavy atom. The normalized spacial score (nSPS) is 10.9. The van der Waals surface area contributed by atoms with E-state index >= 15 is 0 Å². The average Bonchev–Trinajstić information content (AvgIpc) is 3.20. The first-order valence-corrected chi connectivity index (χ1v) is 8.00. The van der Waals surface area contributed by atoms with Crippen molar-refractivity contribution in [2.75, 3.05) is 16.4 Å². The van der Waals surface area contributed by atoms with Crippen LogP contribution in [0.25, 0.3) is 11.0 Å². The van der Waals surface area contributed by atoms with Gasteiger partial charge in [-0.2, -0.15) is 4.98 Å². The second-order valence-electron chi connectivity index (χ2n) is 5.48. The van der Waals surface area contributed by atoms with E-state index in [0.717, 1.165) is 28.1 Å². The van der Waals surface area contributed by atoms with Gasteiger partial charge in [0.05, 0.1) is 17.6 Å². The van der Waals surface area contributed by atoms with E-state index in [1.807, 2.05) is 30.3 Å². The van der Waals surface area contributed by atoms with Crippen molar-refractivity contribution in [3.8, 4) is 0 Å². The Kier molecular flexibility index (Phi) is 3.91. The Bertz CT molecular complexity index is 1010. The fraction of sp³-hybridized carbons (Fsp3) is 0.0588. The number of H-pyrrole nitrogens is 1. The van der Waals surface area contributed by atoms with Gasteiger partial charge in [-0.15, -0.1) is 0 Å². The molecular formula is C17H15ClN6O. The number of fused-ring (bicyclic) bond motifs is 1. The number of nitrogens with two attached hydrogens (primary N) is 1. The maximum atomic E-state index is 5.87. The summed E-state index contributed by atoms with van der Waals surface area (Å²) in [4.78, 5) is 11.6. The molecule has 0 saturated carbocycles. The zero-order valence-electron chi connectivity index (χ0n) is 13.1. The van der Waals surface area contributed by atoms with Gasteiger partial charge in [0.25, 0.3) is 6.01 Å². The largest absolute Gasteiger partial charge is 0.432 e. The summed E-state index contributed by atoms with van der Waals surface area (Å²) in [6, 6.07) is 13.5. The number of nitrogens with one attached hydrogen (secondary N) is 3. The van der Waals surface area contributed by atoms with Gasteiger partial charge in [0, 0.05) is 16.4 Å². The summed E-state index contributed by atoms with van der Waals surface area (Å²) in [7, 11) is 0. The number of halogens is 1. The van der Waals surface area contributed by atoms with Gasteiger partial charge in [-0.3, -0.25) is 0 Å². The third-order valence-corrected chi connectivity index (χ3v) is 3.87. The molecule has 2 aromatic heterocycles. The number of hydrogen-bond donors (Lipinski definition) is 4. The predicted octanol–water partition coefficient (Wildman–Crippen LogP) is 4.14. The van der Waals surface area contributed by atoms with E-state index in [4.69, 9.17) is 21.8 Å². The lowest BCUT2D eigenvalue weighted by Crippen LogP contribution is -2.00. The fourth-order valence-corrected chi connectivity index (χ4v) is 2.56. The topological polar surface area (TPSA) is 105 Å². The lowest BCUT2D eigenvalue weighted by atomic mass is 10.2. The van der Waals surface area contributed by atoms with Crippen LogP contribution >= 0.6 is 11.6 Å². The lowest BCUT2D eigenvalue weighted by Gasteiger charge is -2.03. The van der Waals surface area contributed by atoms with Gasteiger partial charge >= 0.3 is 0 Å². The van der Waals surface area contributed by atoms with Gasteiger partial charge < -0.3 is 25.8 Å². The molecule has 0 bridgehead atoms. The van der Waals surface area contributed by atoms with E-state index in [9.17, 15) is 0 Å². The van der Waals surface area contributed by atoms with Crippen LogP contribution in [-0.2, 0) is 6.54 Å². The maximum absolute atomic E-state index is 5.87. The molecular weight excluding hydrogens is 340 g/mol. The van der Waals surface area contributed by atoms with Crippen molar-refractivity contribution in [2.24, 2.45) is 0 Å². The second kappa shape index (κ2) is 6.37. The van der Waals surface area contributed by atoms with E-state index in [2.05, 4.69) is 25.6 Å². The zero-order chi connectivity index (χ0) is 17.2. The Hall–Kier alpha value is -3.19. The van der Waals surface area contributed by atoms with Crippen molar-refractivity contribution in [2.45, 2.75) is 6.54 Å². The molecule has 0 spiro atoms. The van der Waals surface area contributed by atoms with Crippen LogP contribution in [0.4, 0.5) is 23.3 Å². The second-order valence-corrected chi connectivity index (χ2v) is 5.92. The van der Waals surface area contributed by atoms with Crippen molar-refractivity contribution in [3.05, 3.63) is 59.4 Å². The molecule has 4 aromatic rings. The number of rotatable bonds is 5. The molecule has 0 amide bonds. The van der Waals surface area contributed by atoms with Crippen LogP contribution in [0.5, 0.6) is 0 Å². The van der Waals surface area contributed by atoms with Gasteiger partial charge in [0.1, 0.15) is 12.0 Å². The van der Waals surface area contributed by atoms with Gasteiger partial charge in [-0.05, 0) is 42.5 Å². The molecule has 0 saturated heterocycles. The number of nitrogens with zero attached hydrogens (tertiary/aromatic N) is 2. The van der Waals surface area contributed by atoms with E-state index in [1.165, 1.54) is 0 Å². The molecule has 8 heteroatoms. The lowest BCUT2D eigenvalue weighted by molar-refractivity contribution is 0.576. The average molecular weight is 355 g/mol. The minimum absolute atomic E-state index is 0.404. The molecule has 0 fully saturated rings. The van der Waals surface area contributed by atoms with Crippen LogP contribution in [0.15, 0.2) is 53.1 Å². The van der Waals surface area contributed by atoms with E-state index < -0.39 is 0 Å². The van der Waals surface area contributed by atoms with Crippen LogP contribution in [0, 0.1) is 0 Å². The Morgan fingerprint density at radius 3 is 2.72 bits per heavy atom. The van der Waals surface area contributed by atoms with Crippen molar-refractivity contribution in [1.29, 1.82) is 0 Å². The number of oxazole rings is 1. The first kappa shape index (κ1) is 15.3. The van der Waals surface area contributed by atoms with Crippen LogP contribution in [0.1, 0.15) is 5.69 Å². The van der Waals surface area contributed by atoms with Crippen molar-refractivity contribution in [3.63, 3.8) is 0 Å². The van der Waals surface area contributed by atoms with Gasteiger partial charge in [-0.1, -0.05) is 11.6 Å². The molecule has 7 nitrogen and oxygen atoms in total. The molecule has 2 heterocycles. The van der Waals surface area contributed by atoms with Crippen LogP contribution in [0.2, 0.25) is 5.02 Å². The third kappa shape index (κ3) is 3.51. The highest BCUT2D eigenvalue weighted by molar-refractivity contribution is 6.30. The Morgan fingerprint density at radius 1 is 1.08 bits per heavy atom. The Balaban J connectivity index is 1.40. The highest BCUT2D eigenvalue weighted by atomic mass is 35.5. The minimum atomic E-state index is 0.404. The quantitative estimate of drug-likeness (QED) is 0.429. The number of benzene rings is 2. The molecule has 25 heavy (non-hydrogen) atoms. The smallest absolute Gasteiger partial charge is 0.299 e. The maximum Gasteiger partial charge on any atom is 0.299 e. The summed E-state index contributed by atoms with van der Waals surface area (Å²) in [6.07, 6.45) is 1.61. The molecule has 0 aliphatic carbocycles. The third-order valence-electron chi connectivity index (χ3n) is 3.62. The summed E-state index contributed by atoms with van der Waals surface area (Å²) >= 11 is 5.87. The fourth-order valence-electron chi connectivity index (χ4n) is 2.43. The van der Waals surface area contributed by atoms with Crippen LogP contribution < -0.4 is 16.4 Å². The van der Waals surface area contributed by atoms with Crippen molar-refractivity contribution >= 4 is 46.0 Å². The summed E-state index contributed by atoms with van der Waals surface area (Å²) < 4.78 is 5.43. The van der Waals surface area contributed by atoms with Crippen LogP contribution in [-0.4, -0.2) is 15.0 Å². The predicted molar refractivity (Wildman–Crippen MR) is 99.1 cm³/mol. The number of nitrogen functional groups attached to an aromatic ring is 1. The standard InChI is InChI=1S/C17H15ClN6O/c18-10-1-3-11(4-2-10)21-17-22-13(9-25-17)8-20-12-5-6-14-15(7-12)24-16(19)23-14/h1-7,9,20H,8H2,(H,21,22)(H3,19,23,24). The SMILES string of the molecule is Nc1nc2ccc(NCc3coc(Nc4ccc(Cl)cc4)n3)cc2[nH]1. The molecule has 4 rings (SSSR count). The molecule has 0 aliphatic heterocycles. The van der Waals surface area contributed by atoms with Gasteiger partial charge in [-0.25, -0.2) is 4.98 Å². The van der Waals surface area contributed by atoms with E-state index in [1.54, 1.807) is 18.4 Å². The molecule has 0 atom stereocenters. The molecule has 0 aliphatic rings. The molecule has 126 valence electrons. The highest BCUT2D eigenvalue weighted by Gasteiger charge is 2.06. The minimum Gasteiger partial charge on any atom is -0.432 e. The monoisotopic (exact) mass is 354 g/mol. The van der Waals surface area contributed by atoms with E-state index in [-0.39, 0.29) is 0 Å². The van der Waals surface area contributed by atoms with Crippen LogP contribution in [0.3, 0.4) is 0 Å². The first-order chi connectivity index (χ1) is 12.2. The van der Waals surface area contributed by atoms with Crippen molar-refractivity contribution < 1.29 is 4.42 Å². The molecule has 0 radical (unpaired) electrons. The summed E-state index contributed by atoms with van der Waals surface area (Å²) in [6.45, 7) is 0.529. The zero-order valence-corrected chi connectivity index (χ0v) is 13.8. The number of hydrogen-bond acceptors (Lipinski definition) is 6. The number of aromatic amines is 1. The van der Waals surface area contributed by atoms with E-state index in [0.29, 0.717) is 23.5 Å². The summed E-state index contributed by atoms with van der Waals surface area (Å²) in [5.74, 6) is 0.404. The highest BCUT2D eigenvalue weighted by Crippen LogP contribution is 2.20. The summed E-state index contributed by atoms with van der Waals surface area (Å²) in [5.41, 5.74) is 9.94. The number of imidazole rings is 1. The van der Waals surface area contributed by atoms with Gasteiger partial charge in [0.15, 0.2) is 5.95 Å². The van der Waals surface area contributed by atoms with Gasteiger partial charge in [0.2, 0.25) is 0 Å². The first-order valence-electron chi connectivity index (χ1n) is 7.62. The summed E-state index contributed by atoms with van der Waals surface area (Å²) in [5, 5.41) is 7.06. The molecule has 2 aromatic carbocycles. The number of anilines is 4. The molecule has 0 unspecified atom stereocenters.